The molecule has 0 spiro atoms. The fraction of sp³-hybridized carbons (Fsp3) is 0.304. The van der Waals surface area contributed by atoms with Crippen molar-refractivity contribution in [3.05, 3.63) is 77.1 Å². The van der Waals surface area contributed by atoms with Crippen molar-refractivity contribution in [2.45, 2.75) is 31.2 Å². The number of nitrogens with one attached hydrogen (secondary N) is 1. The molecule has 6 heteroatoms. The minimum absolute atomic E-state index is 0.200. The molecule has 0 saturated carbocycles. The van der Waals surface area contributed by atoms with E-state index in [9.17, 15) is 9.90 Å². The van der Waals surface area contributed by atoms with Crippen LogP contribution in [0.2, 0.25) is 0 Å². The fourth-order valence-corrected chi connectivity index (χ4v) is 4.35. The molecule has 3 aromatic rings. The van der Waals surface area contributed by atoms with Gasteiger partial charge in [-0.1, -0.05) is 36.4 Å². The number of carbonyl (C=O) groups excluding carboxylic acids is 1. The van der Waals surface area contributed by atoms with Gasteiger partial charge in [-0.05, 0) is 43.0 Å². The van der Waals surface area contributed by atoms with E-state index in [0.717, 1.165) is 47.5 Å². The van der Waals surface area contributed by atoms with Gasteiger partial charge < -0.3 is 15.2 Å². The predicted molar refractivity (Wildman–Crippen MR) is 109 cm³/mol. The maximum Gasteiger partial charge on any atom is 0.272 e. The second-order valence-electron chi connectivity index (χ2n) is 7.84. The van der Waals surface area contributed by atoms with Crippen molar-refractivity contribution in [3.63, 3.8) is 0 Å². The van der Waals surface area contributed by atoms with Gasteiger partial charge in [0.25, 0.3) is 5.91 Å². The van der Waals surface area contributed by atoms with Crippen molar-refractivity contribution in [2.24, 2.45) is 0 Å². The second-order valence-corrected chi connectivity index (χ2v) is 7.84. The highest BCUT2D eigenvalue weighted by atomic mass is 16.5. The van der Waals surface area contributed by atoms with Gasteiger partial charge in [0, 0.05) is 17.7 Å². The molecule has 2 aliphatic rings. The summed E-state index contributed by atoms with van der Waals surface area (Å²) in [5.74, 6) is 0.551. The number of rotatable bonds is 4. The zero-order chi connectivity index (χ0) is 19.8. The lowest BCUT2D eigenvalue weighted by atomic mass is 9.89. The average molecular weight is 389 g/mol. The van der Waals surface area contributed by atoms with Crippen LogP contribution in [-0.4, -0.2) is 39.5 Å². The molecule has 29 heavy (non-hydrogen) atoms. The van der Waals surface area contributed by atoms with Crippen molar-refractivity contribution >= 4 is 5.91 Å². The summed E-state index contributed by atoms with van der Waals surface area (Å²) in [7, 11) is 0. The SMILES string of the molecule is O=C(NC1(CO)COc2ccccc2C1)c1nn(-c2ccccc2)c2c1CCC2. The van der Waals surface area contributed by atoms with E-state index < -0.39 is 5.54 Å². The first-order valence-corrected chi connectivity index (χ1v) is 9.99. The van der Waals surface area contributed by atoms with Crippen molar-refractivity contribution < 1.29 is 14.6 Å². The van der Waals surface area contributed by atoms with E-state index in [1.54, 1.807) is 0 Å². The highest BCUT2D eigenvalue weighted by molar-refractivity contribution is 5.95. The molecule has 148 valence electrons. The number of carbonyl (C=O) groups is 1. The first-order chi connectivity index (χ1) is 14.2. The number of hydrogen-bond donors (Lipinski definition) is 2. The van der Waals surface area contributed by atoms with Crippen LogP contribution in [0, 0.1) is 0 Å². The van der Waals surface area contributed by atoms with Crippen LogP contribution in [0.25, 0.3) is 5.69 Å². The number of amides is 1. The van der Waals surface area contributed by atoms with Gasteiger partial charge in [-0.15, -0.1) is 0 Å². The number of fused-ring (bicyclic) bond motifs is 2. The minimum Gasteiger partial charge on any atom is -0.491 e. The minimum atomic E-state index is -0.854. The van der Waals surface area contributed by atoms with Crippen molar-refractivity contribution in [2.75, 3.05) is 13.2 Å². The molecule has 1 aliphatic heterocycles. The summed E-state index contributed by atoms with van der Waals surface area (Å²) in [6, 6.07) is 17.6. The lowest BCUT2D eigenvalue weighted by Gasteiger charge is -2.37. The van der Waals surface area contributed by atoms with Crippen molar-refractivity contribution in [3.8, 4) is 11.4 Å². The lowest BCUT2D eigenvalue weighted by Crippen LogP contribution is -2.58. The number of nitrogens with zero attached hydrogens (tertiary/aromatic N) is 2. The van der Waals surface area contributed by atoms with Crippen molar-refractivity contribution in [1.29, 1.82) is 0 Å². The highest BCUT2D eigenvalue weighted by Gasteiger charge is 2.39. The summed E-state index contributed by atoms with van der Waals surface area (Å²) in [4.78, 5) is 13.2. The lowest BCUT2D eigenvalue weighted by molar-refractivity contribution is 0.0648. The first kappa shape index (κ1) is 17.9. The number of aliphatic hydroxyl groups excluding tert-OH is 1. The summed E-state index contributed by atoms with van der Waals surface area (Å²) in [6.07, 6.45) is 3.29. The Kier molecular flexibility index (Phi) is 4.36. The van der Waals surface area contributed by atoms with Crippen LogP contribution in [0.4, 0.5) is 0 Å². The number of para-hydroxylation sites is 2. The molecular formula is C23H23N3O3. The van der Waals surface area contributed by atoms with E-state index >= 15 is 0 Å². The van der Waals surface area contributed by atoms with Crippen LogP contribution in [0.1, 0.15) is 33.7 Å². The molecule has 1 amide bonds. The molecule has 1 atom stereocenters. The topological polar surface area (TPSA) is 76.4 Å². The third-order valence-corrected chi connectivity index (χ3v) is 5.83. The molecule has 5 rings (SSSR count). The van der Waals surface area contributed by atoms with Crippen molar-refractivity contribution in [1.82, 2.24) is 15.1 Å². The van der Waals surface area contributed by atoms with Gasteiger partial charge in [0.1, 0.15) is 17.9 Å². The number of benzene rings is 2. The Morgan fingerprint density at radius 2 is 1.93 bits per heavy atom. The monoisotopic (exact) mass is 389 g/mol. The molecule has 0 radical (unpaired) electrons. The molecule has 6 nitrogen and oxygen atoms in total. The summed E-state index contributed by atoms with van der Waals surface area (Å²) in [6.45, 7) is 0.0303. The molecule has 1 unspecified atom stereocenters. The van der Waals surface area contributed by atoms with Gasteiger partial charge in [0.2, 0.25) is 0 Å². The normalized spacial score (nSPS) is 19.9. The Balaban J connectivity index is 1.46. The van der Waals surface area contributed by atoms with Gasteiger partial charge in [0.05, 0.1) is 12.3 Å². The van der Waals surface area contributed by atoms with Gasteiger partial charge >= 0.3 is 0 Å². The van der Waals surface area contributed by atoms with E-state index in [0.29, 0.717) is 12.1 Å². The summed E-state index contributed by atoms with van der Waals surface area (Å²) >= 11 is 0. The standard InChI is InChI=1S/C23H23N3O3/c27-14-23(13-16-7-4-5-12-20(16)29-15-23)24-22(28)21-18-10-6-11-19(18)26(25-21)17-8-2-1-3-9-17/h1-5,7-9,12,27H,6,10-11,13-15H2,(H,24,28). The molecule has 2 heterocycles. The maximum absolute atomic E-state index is 13.2. The second kappa shape index (κ2) is 7.04. The van der Waals surface area contributed by atoms with Crippen LogP contribution in [-0.2, 0) is 19.3 Å². The molecule has 0 fully saturated rings. The van der Waals surface area contributed by atoms with Crippen LogP contribution >= 0.6 is 0 Å². The van der Waals surface area contributed by atoms with E-state index in [2.05, 4.69) is 10.4 Å². The summed E-state index contributed by atoms with van der Waals surface area (Å²) in [5, 5.41) is 17.8. The predicted octanol–water partition coefficient (Wildman–Crippen LogP) is 2.46. The Morgan fingerprint density at radius 3 is 2.76 bits per heavy atom. The van der Waals surface area contributed by atoms with Crippen LogP contribution in [0.5, 0.6) is 5.75 Å². The van der Waals surface area contributed by atoms with E-state index in [1.165, 1.54) is 0 Å². The molecule has 1 aromatic heterocycles. The van der Waals surface area contributed by atoms with Gasteiger partial charge in [-0.25, -0.2) is 4.68 Å². The third kappa shape index (κ3) is 3.09. The molecule has 0 saturated heterocycles. The average Bonchev–Trinajstić information content (AvgIpc) is 3.37. The van der Waals surface area contributed by atoms with Gasteiger partial charge in [-0.3, -0.25) is 4.79 Å². The molecular weight excluding hydrogens is 366 g/mol. The molecule has 1 aliphatic carbocycles. The fourth-order valence-electron chi connectivity index (χ4n) is 4.35. The Labute approximate surface area is 169 Å². The number of aliphatic hydroxyl groups is 1. The Bertz CT molecular complexity index is 1060. The first-order valence-electron chi connectivity index (χ1n) is 9.99. The maximum atomic E-state index is 13.2. The molecule has 2 N–H and O–H groups in total. The van der Waals surface area contributed by atoms with Crippen LogP contribution in [0.15, 0.2) is 54.6 Å². The van der Waals surface area contributed by atoms with Gasteiger partial charge in [-0.2, -0.15) is 5.10 Å². The van der Waals surface area contributed by atoms with E-state index in [-0.39, 0.29) is 19.1 Å². The number of ether oxygens (including phenoxy) is 1. The quantitative estimate of drug-likeness (QED) is 0.719. The molecule has 2 aromatic carbocycles. The largest absolute Gasteiger partial charge is 0.491 e. The van der Waals surface area contributed by atoms with Crippen LogP contribution < -0.4 is 10.1 Å². The zero-order valence-corrected chi connectivity index (χ0v) is 16.1. The Morgan fingerprint density at radius 1 is 1.14 bits per heavy atom. The van der Waals surface area contributed by atoms with E-state index in [1.807, 2.05) is 59.3 Å². The van der Waals surface area contributed by atoms with E-state index in [4.69, 9.17) is 4.74 Å². The third-order valence-electron chi connectivity index (χ3n) is 5.83. The number of hydrogen-bond acceptors (Lipinski definition) is 4. The Hall–Kier alpha value is -3.12. The zero-order valence-electron chi connectivity index (χ0n) is 16.1. The van der Waals surface area contributed by atoms with Gasteiger partial charge in [0.15, 0.2) is 5.69 Å². The smallest absolute Gasteiger partial charge is 0.272 e. The highest BCUT2D eigenvalue weighted by Crippen LogP contribution is 2.31. The molecule has 0 bridgehead atoms. The number of aromatic nitrogens is 2. The summed E-state index contributed by atoms with van der Waals surface area (Å²) < 4.78 is 7.72. The van der Waals surface area contributed by atoms with Crippen LogP contribution in [0.3, 0.4) is 0 Å². The summed E-state index contributed by atoms with van der Waals surface area (Å²) in [5.41, 5.74) is 3.65.